The molecule has 3 rings (SSSR count). The molecule has 0 saturated carbocycles. The highest BCUT2D eigenvalue weighted by molar-refractivity contribution is 6.42. The summed E-state index contributed by atoms with van der Waals surface area (Å²) in [6.07, 6.45) is -0.864. The Hall–Kier alpha value is -2.28. The Morgan fingerprint density at radius 1 is 1.21 bits per heavy atom. The Labute approximate surface area is 173 Å². The van der Waals surface area contributed by atoms with Crippen LogP contribution in [0.4, 0.5) is 5.69 Å². The molecule has 6 nitrogen and oxygen atoms in total. The summed E-state index contributed by atoms with van der Waals surface area (Å²) in [6.45, 7) is 0.677. The molecule has 148 valence electrons. The zero-order valence-electron chi connectivity index (χ0n) is 15.5. The number of methoxy groups -OCH3 is 1. The van der Waals surface area contributed by atoms with Gasteiger partial charge in [0.05, 0.1) is 35.9 Å². The maximum Gasteiger partial charge on any atom is 0.348 e. The van der Waals surface area contributed by atoms with E-state index in [-0.39, 0.29) is 19.0 Å². The number of benzene rings is 2. The summed E-state index contributed by atoms with van der Waals surface area (Å²) in [5.74, 6) is -0.213. The first-order valence-electron chi connectivity index (χ1n) is 8.66. The van der Waals surface area contributed by atoms with Gasteiger partial charge >= 0.3 is 5.97 Å². The number of amides is 1. The molecule has 2 aromatic rings. The van der Waals surface area contributed by atoms with Gasteiger partial charge in [-0.1, -0.05) is 47.5 Å². The van der Waals surface area contributed by atoms with Gasteiger partial charge in [0.15, 0.2) is 0 Å². The summed E-state index contributed by atoms with van der Waals surface area (Å²) in [7, 11) is 3.11. The van der Waals surface area contributed by atoms with E-state index in [1.54, 1.807) is 29.2 Å². The summed E-state index contributed by atoms with van der Waals surface area (Å²) in [4.78, 5) is 28.3. The summed E-state index contributed by atoms with van der Waals surface area (Å²) in [5, 5.41) is 0.952. The van der Waals surface area contributed by atoms with E-state index in [2.05, 4.69) is 0 Å². The smallest absolute Gasteiger partial charge is 0.348 e. The molecule has 0 aliphatic carbocycles. The lowest BCUT2D eigenvalue weighted by Crippen LogP contribution is -2.49. The molecule has 1 atom stereocenters. The molecule has 1 aliphatic heterocycles. The molecule has 0 bridgehead atoms. The van der Waals surface area contributed by atoms with E-state index in [1.165, 1.54) is 7.11 Å². The highest BCUT2D eigenvalue weighted by Gasteiger charge is 2.34. The van der Waals surface area contributed by atoms with Crippen molar-refractivity contribution in [2.45, 2.75) is 12.6 Å². The summed E-state index contributed by atoms with van der Waals surface area (Å²) >= 11 is 12.3. The topological polar surface area (TPSA) is 59.1 Å². The minimum absolute atomic E-state index is 0.0915. The van der Waals surface area contributed by atoms with Gasteiger partial charge in [-0.2, -0.15) is 0 Å². The second kappa shape index (κ2) is 8.82. The van der Waals surface area contributed by atoms with Gasteiger partial charge in [0.2, 0.25) is 12.0 Å². The lowest BCUT2D eigenvalue weighted by atomic mass is 10.1. The largest absolute Gasteiger partial charge is 0.475 e. The fourth-order valence-electron chi connectivity index (χ4n) is 3.06. The normalized spacial score (nSPS) is 15.8. The number of fused-ring (bicyclic) bond motifs is 1. The van der Waals surface area contributed by atoms with Crippen LogP contribution in [-0.2, 0) is 20.9 Å². The molecular weight excluding hydrogens is 403 g/mol. The van der Waals surface area contributed by atoms with Crippen molar-refractivity contribution < 1.29 is 19.1 Å². The highest BCUT2D eigenvalue weighted by Crippen LogP contribution is 2.33. The minimum atomic E-state index is -0.864. The van der Waals surface area contributed by atoms with Crippen molar-refractivity contribution in [1.82, 2.24) is 4.90 Å². The van der Waals surface area contributed by atoms with Gasteiger partial charge in [-0.25, -0.2) is 4.79 Å². The fraction of sp³-hybridized carbons (Fsp3) is 0.300. The van der Waals surface area contributed by atoms with Gasteiger partial charge in [-0.15, -0.1) is 0 Å². The predicted molar refractivity (Wildman–Crippen MR) is 108 cm³/mol. The number of hydrogen-bond acceptors (Lipinski definition) is 5. The average molecular weight is 423 g/mol. The van der Waals surface area contributed by atoms with Crippen LogP contribution in [0.3, 0.4) is 0 Å². The molecule has 28 heavy (non-hydrogen) atoms. The number of hydrogen-bond donors (Lipinski definition) is 0. The van der Waals surface area contributed by atoms with Gasteiger partial charge in [0, 0.05) is 6.54 Å². The average Bonchev–Trinajstić information content (AvgIpc) is 2.69. The number of esters is 1. The Kier molecular flexibility index (Phi) is 6.44. The molecule has 0 saturated heterocycles. The van der Waals surface area contributed by atoms with Crippen LogP contribution in [-0.4, -0.2) is 50.1 Å². The number of carbonyl (C=O) groups excluding carboxylic acids is 2. The van der Waals surface area contributed by atoms with Gasteiger partial charge in [-0.05, 0) is 30.8 Å². The third-order valence-electron chi connectivity index (χ3n) is 4.42. The van der Waals surface area contributed by atoms with Crippen molar-refractivity contribution in [3.8, 4) is 5.75 Å². The van der Waals surface area contributed by atoms with Crippen LogP contribution in [0.25, 0.3) is 0 Å². The summed E-state index contributed by atoms with van der Waals surface area (Å²) in [5.41, 5.74) is 1.46. The number of nitrogens with zero attached hydrogens (tertiary/aromatic N) is 2. The van der Waals surface area contributed by atoms with Crippen molar-refractivity contribution in [3.63, 3.8) is 0 Å². The van der Waals surface area contributed by atoms with Crippen LogP contribution in [0, 0.1) is 0 Å². The van der Waals surface area contributed by atoms with E-state index < -0.39 is 12.1 Å². The lowest BCUT2D eigenvalue weighted by Gasteiger charge is -2.34. The number of carbonyl (C=O) groups is 2. The van der Waals surface area contributed by atoms with Crippen LogP contribution in [0.1, 0.15) is 5.56 Å². The molecule has 0 spiro atoms. The second-order valence-corrected chi connectivity index (χ2v) is 7.27. The van der Waals surface area contributed by atoms with Crippen LogP contribution in [0.15, 0.2) is 42.5 Å². The zero-order valence-corrected chi connectivity index (χ0v) is 17.0. The third-order valence-corrected chi connectivity index (χ3v) is 5.27. The van der Waals surface area contributed by atoms with E-state index in [9.17, 15) is 9.59 Å². The maximum absolute atomic E-state index is 13.0. The molecule has 0 unspecified atom stereocenters. The van der Waals surface area contributed by atoms with Gasteiger partial charge in [-0.3, -0.25) is 9.69 Å². The second-order valence-electron chi connectivity index (χ2n) is 6.49. The van der Waals surface area contributed by atoms with Gasteiger partial charge in [0.1, 0.15) is 5.75 Å². The van der Waals surface area contributed by atoms with Gasteiger partial charge < -0.3 is 14.4 Å². The van der Waals surface area contributed by atoms with Crippen molar-refractivity contribution >= 4 is 40.8 Å². The van der Waals surface area contributed by atoms with Crippen LogP contribution >= 0.6 is 23.2 Å². The van der Waals surface area contributed by atoms with E-state index in [1.807, 2.05) is 30.1 Å². The minimum Gasteiger partial charge on any atom is -0.475 e. The molecular formula is C20H20Cl2N2O4. The monoisotopic (exact) mass is 422 g/mol. The first kappa shape index (κ1) is 20.5. The Balaban J connectivity index is 1.75. The lowest BCUT2D eigenvalue weighted by molar-refractivity contribution is -0.148. The molecule has 0 radical (unpaired) electrons. The van der Waals surface area contributed by atoms with Crippen molar-refractivity contribution in [2.75, 3.05) is 32.1 Å². The number of halogens is 2. The first-order valence-corrected chi connectivity index (χ1v) is 9.41. The zero-order chi connectivity index (χ0) is 20.3. The quantitative estimate of drug-likeness (QED) is 0.691. The molecule has 0 fully saturated rings. The van der Waals surface area contributed by atoms with E-state index in [4.69, 9.17) is 32.7 Å². The van der Waals surface area contributed by atoms with Crippen LogP contribution in [0.5, 0.6) is 5.75 Å². The molecule has 2 aromatic carbocycles. The first-order chi connectivity index (χ1) is 13.4. The third kappa shape index (κ3) is 4.41. The SMILES string of the molecule is COC(=O)[C@@H]1CN(C(=O)CN(C)Cc2cccc(Cl)c2Cl)c2ccccc2O1. The molecule has 1 aliphatic rings. The Morgan fingerprint density at radius 3 is 2.71 bits per heavy atom. The number of rotatable bonds is 5. The van der Waals surface area contributed by atoms with E-state index in [0.717, 1.165) is 5.56 Å². The number of likely N-dealkylation sites (N-methyl/N-ethyl adjacent to an activating group) is 1. The number of ether oxygens (including phenoxy) is 2. The van der Waals surface area contributed by atoms with Crippen molar-refractivity contribution in [2.24, 2.45) is 0 Å². The Bertz CT molecular complexity index is 890. The predicted octanol–water partition coefficient (Wildman–Crippen LogP) is 3.39. The number of anilines is 1. The van der Waals surface area contributed by atoms with Gasteiger partial charge in [0.25, 0.3) is 0 Å². The molecule has 1 heterocycles. The van der Waals surface area contributed by atoms with Crippen LogP contribution < -0.4 is 9.64 Å². The molecule has 0 N–H and O–H groups in total. The maximum atomic E-state index is 13.0. The van der Waals surface area contributed by atoms with Crippen molar-refractivity contribution in [3.05, 3.63) is 58.1 Å². The van der Waals surface area contributed by atoms with E-state index in [0.29, 0.717) is 28.0 Å². The highest BCUT2D eigenvalue weighted by atomic mass is 35.5. The Morgan fingerprint density at radius 2 is 1.96 bits per heavy atom. The number of para-hydroxylation sites is 2. The standard InChI is InChI=1S/C20H20Cl2N2O4/c1-23(10-13-6-5-7-14(21)19(13)22)12-18(25)24-11-17(20(26)27-2)28-16-9-4-3-8-15(16)24/h3-9,17H,10-12H2,1-2H3/t17-/m0/s1. The molecule has 0 aromatic heterocycles. The molecule has 8 heteroatoms. The van der Waals surface area contributed by atoms with Crippen LogP contribution in [0.2, 0.25) is 10.0 Å². The van der Waals surface area contributed by atoms with E-state index >= 15 is 0 Å². The summed E-state index contributed by atoms with van der Waals surface area (Å²) < 4.78 is 10.5. The molecule has 1 amide bonds. The summed E-state index contributed by atoms with van der Waals surface area (Å²) in [6, 6.07) is 12.5. The fourth-order valence-corrected chi connectivity index (χ4v) is 3.44. The van der Waals surface area contributed by atoms with Crippen molar-refractivity contribution in [1.29, 1.82) is 0 Å².